The third-order valence-corrected chi connectivity index (χ3v) is 9.27. The molecule has 0 unspecified atom stereocenters. The van der Waals surface area contributed by atoms with Crippen molar-refractivity contribution in [3.8, 4) is 33.4 Å². The highest BCUT2D eigenvalue weighted by atomic mass is 19.1. The molecule has 0 aliphatic rings. The molecule has 6 aromatic carbocycles. The van der Waals surface area contributed by atoms with Crippen molar-refractivity contribution < 1.29 is 8.78 Å². The Labute approximate surface area is 272 Å². The minimum atomic E-state index is -0.234. The van der Waals surface area contributed by atoms with Crippen molar-refractivity contribution in [1.29, 1.82) is 0 Å². The molecule has 0 atom stereocenters. The summed E-state index contributed by atoms with van der Waals surface area (Å²) in [4.78, 5) is 2.62. The van der Waals surface area contributed by atoms with Gasteiger partial charge in [-0.15, -0.1) is 0 Å². The summed E-state index contributed by atoms with van der Waals surface area (Å²) < 4.78 is 28.4. The molecular weight excluding hydrogens is 568 g/mol. The van der Waals surface area contributed by atoms with Crippen LogP contribution >= 0.6 is 0 Å². The van der Waals surface area contributed by atoms with Crippen LogP contribution in [0.3, 0.4) is 0 Å². The largest absolute Gasteiger partial charge is 0.299 e. The summed E-state index contributed by atoms with van der Waals surface area (Å²) >= 11 is 0. The minimum Gasteiger partial charge on any atom is -0.299 e. The van der Waals surface area contributed by atoms with Crippen molar-refractivity contribution in [2.24, 2.45) is 0 Å². The van der Waals surface area contributed by atoms with Crippen LogP contribution in [0.25, 0.3) is 54.9 Å². The van der Waals surface area contributed by atoms with Crippen LogP contribution in [0.2, 0.25) is 0 Å². The molecule has 6 rings (SSSR count). The average molecular weight is 612 g/mol. The predicted molar refractivity (Wildman–Crippen MR) is 192 cm³/mol. The van der Waals surface area contributed by atoms with E-state index in [4.69, 9.17) is 0 Å². The molecule has 0 aliphatic heterocycles. The molecule has 3 heteroatoms. The predicted octanol–water partition coefficient (Wildman–Crippen LogP) is 12.2. The second-order valence-corrected chi connectivity index (χ2v) is 12.3. The lowest BCUT2D eigenvalue weighted by Crippen LogP contribution is -2.26. The number of hydrogen-bond acceptors (Lipinski definition) is 1. The second kappa shape index (κ2) is 14.4. The highest BCUT2D eigenvalue weighted by molar-refractivity contribution is 6.11. The van der Waals surface area contributed by atoms with Crippen LogP contribution in [-0.4, -0.2) is 18.0 Å². The van der Waals surface area contributed by atoms with Gasteiger partial charge in [0.05, 0.1) is 0 Å². The molecule has 0 heterocycles. The molecule has 0 bridgehead atoms. The van der Waals surface area contributed by atoms with E-state index in [-0.39, 0.29) is 11.6 Å². The minimum absolute atomic E-state index is 0.231. The van der Waals surface area contributed by atoms with Crippen LogP contribution in [0.5, 0.6) is 0 Å². The molecule has 0 radical (unpaired) electrons. The second-order valence-electron chi connectivity index (χ2n) is 12.3. The van der Waals surface area contributed by atoms with E-state index in [1.807, 2.05) is 24.3 Å². The maximum Gasteiger partial charge on any atom is 0.123 e. The SMILES string of the molecule is CCCCN(CCCC)Cc1c(-c2ccc(F)cc2)cc2ccccc2c1-c1c(CC)c(-c2ccc(F)cc2)cc2ccccc12. The highest BCUT2D eigenvalue weighted by Crippen LogP contribution is 2.46. The van der Waals surface area contributed by atoms with E-state index in [9.17, 15) is 8.78 Å². The fourth-order valence-electron chi connectivity index (χ4n) is 6.91. The first-order chi connectivity index (χ1) is 22.5. The van der Waals surface area contributed by atoms with Gasteiger partial charge in [0.2, 0.25) is 0 Å². The zero-order valence-electron chi connectivity index (χ0n) is 27.3. The van der Waals surface area contributed by atoms with Crippen LogP contribution < -0.4 is 0 Å². The summed E-state index contributed by atoms with van der Waals surface area (Å²) in [6.07, 6.45) is 5.38. The van der Waals surface area contributed by atoms with E-state index >= 15 is 0 Å². The number of hydrogen-bond donors (Lipinski definition) is 0. The van der Waals surface area contributed by atoms with Crippen LogP contribution in [0.15, 0.2) is 109 Å². The zero-order valence-corrected chi connectivity index (χ0v) is 27.3. The zero-order chi connectivity index (χ0) is 32.0. The quantitative estimate of drug-likeness (QED) is 0.133. The van der Waals surface area contributed by atoms with E-state index in [2.05, 4.69) is 86.3 Å². The van der Waals surface area contributed by atoms with E-state index in [1.54, 1.807) is 24.3 Å². The van der Waals surface area contributed by atoms with E-state index < -0.39 is 0 Å². The molecule has 0 amide bonds. The van der Waals surface area contributed by atoms with Gasteiger partial charge >= 0.3 is 0 Å². The topological polar surface area (TPSA) is 3.24 Å². The Morgan fingerprint density at radius 2 is 0.957 bits per heavy atom. The van der Waals surface area contributed by atoms with E-state index in [0.29, 0.717) is 0 Å². The summed E-state index contributed by atoms with van der Waals surface area (Å²) in [5.41, 5.74) is 9.31. The normalized spacial score (nSPS) is 11.6. The number of rotatable bonds is 12. The van der Waals surface area contributed by atoms with E-state index in [1.165, 1.54) is 33.0 Å². The van der Waals surface area contributed by atoms with Gasteiger partial charge in [0, 0.05) is 6.54 Å². The molecule has 0 aliphatic carbocycles. The van der Waals surface area contributed by atoms with Crippen molar-refractivity contribution in [3.63, 3.8) is 0 Å². The number of fused-ring (bicyclic) bond motifs is 2. The first-order valence-electron chi connectivity index (χ1n) is 16.9. The lowest BCUT2D eigenvalue weighted by atomic mass is 9.80. The van der Waals surface area contributed by atoms with Crippen molar-refractivity contribution >= 4 is 21.5 Å². The van der Waals surface area contributed by atoms with Crippen molar-refractivity contribution in [2.75, 3.05) is 13.1 Å². The summed E-state index contributed by atoms with van der Waals surface area (Å²) in [6, 6.07) is 35.8. The van der Waals surface area contributed by atoms with Gasteiger partial charge in [-0.2, -0.15) is 0 Å². The third kappa shape index (κ3) is 6.48. The molecule has 0 aromatic heterocycles. The van der Waals surface area contributed by atoms with Gasteiger partial charge in [0.15, 0.2) is 0 Å². The molecule has 0 spiro atoms. The average Bonchev–Trinajstić information content (AvgIpc) is 3.09. The van der Waals surface area contributed by atoms with Gasteiger partial charge in [-0.3, -0.25) is 4.90 Å². The Kier molecular flexibility index (Phi) is 9.90. The fourth-order valence-corrected chi connectivity index (χ4v) is 6.91. The van der Waals surface area contributed by atoms with Crippen LogP contribution in [0.1, 0.15) is 57.6 Å². The molecule has 0 fully saturated rings. The highest BCUT2D eigenvalue weighted by Gasteiger charge is 2.24. The van der Waals surface area contributed by atoms with Gasteiger partial charge in [-0.05, 0) is 135 Å². The summed E-state index contributed by atoms with van der Waals surface area (Å²) in [6.45, 7) is 9.59. The van der Waals surface area contributed by atoms with Crippen LogP contribution in [0, 0.1) is 11.6 Å². The summed E-state index contributed by atoms with van der Waals surface area (Å²) in [7, 11) is 0. The van der Waals surface area contributed by atoms with Crippen LogP contribution in [-0.2, 0) is 13.0 Å². The smallest absolute Gasteiger partial charge is 0.123 e. The maximum atomic E-state index is 14.3. The lowest BCUT2D eigenvalue weighted by molar-refractivity contribution is 0.258. The monoisotopic (exact) mass is 611 g/mol. The summed E-state index contributed by atoms with van der Waals surface area (Å²) in [5, 5.41) is 4.74. The molecule has 0 saturated carbocycles. The van der Waals surface area contributed by atoms with Crippen LogP contribution in [0.4, 0.5) is 8.78 Å². The van der Waals surface area contributed by atoms with Crippen molar-refractivity contribution in [2.45, 2.75) is 59.4 Å². The summed E-state index contributed by atoms with van der Waals surface area (Å²) in [5.74, 6) is -0.465. The molecule has 46 heavy (non-hydrogen) atoms. The first kappa shape index (κ1) is 31.6. The number of nitrogens with zero attached hydrogens (tertiary/aromatic N) is 1. The molecule has 0 N–H and O–H groups in total. The van der Waals surface area contributed by atoms with Gasteiger partial charge in [0.1, 0.15) is 11.6 Å². The lowest BCUT2D eigenvalue weighted by Gasteiger charge is -2.28. The van der Waals surface area contributed by atoms with Gasteiger partial charge in [-0.1, -0.05) is 106 Å². The molecule has 0 saturated heterocycles. The molecular formula is C43H43F2N. The van der Waals surface area contributed by atoms with Gasteiger partial charge in [-0.25, -0.2) is 8.78 Å². The van der Waals surface area contributed by atoms with Crippen molar-refractivity contribution in [1.82, 2.24) is 4.90 Å². The molecule has 234 valence electrons. The maximum absolute atomic E-state index is 14.3. The Morgan fingerprint density at radius 1 is 0.522 bits per heavy atom. The Balaban J connectivity index is 1.75. The fraction of sp³-hybridized carbons (Fsp3) is 0.256. The van der Waals surface area contributed by atoms with Crippen molar-refractivity contribution in [3.05, 3.63) is 132 Å². The molecule has 6 aromatic rings. The first-order valence-corrected chi connectivity index (χ1v) is 16.9. The number of benzene rings is 6. The Morgan fingerprint density at radius 3 is 1.41 bits per heavy atom. The standard InChI is InChI=1S/C43H43F2N/c1-4-7-25-46(26-8-5-2)29-41-40(31-19-23-35(45)24-20-31)28-33-14-10-12-16-38(33)43(41)42-36(6-3)39(30-17-21-34(44)22-18-30)27-32-13-9-11-15-37(32)42/h9-24,27-28H,4-8,25-26,29H2,1-3H3. The van der Waals surface area contributed by atoms with Gasteiger partial charge in [0.25, 0.3) is 0 Å². The number of unbranched alkanes of at least 4 members (excludes halogenated alkanes) is 2. The molecule has 1 nitrogen and oxygen atoms in total. The van der Waals surface area contributed by atoms with Gasteiger partial charge < -0.3 is 0 Å². The Hall–Kier alpha value is -4.34. The number of halogens is 2. The Bertz CT molecular complexity index is 1930. The van der Waals surface area contributed by atoms with E-state index in [0.717, 1.165) is 84.8 Å². The third-order valence-electron chi connectivity index (χ3n) is 9.27.